The van der Waals surface area contributed by atoms with Gasteiger partial charge in [-0.15, -0.1) is 0 Å². The summed E-state index contributed by atoms with van der Waals surface area (Å²) in [6.07, 6.45) is 9.83. The summed E-state index contributed by atoms with van der Waals surface area (Å²) < 4.78 is 5.66. The summed E-state index contributed by atoms with van der Waals surface area (Å²) in [5.41, 5.74) is 34.4. The van der Waals surface area contributed by atoms with Crippen LogP contribution >= 0.6 is 0 Å². The highest BCUT2D eigenvalue weighted by Gasteiger charge is 2.52. The van der Waals surface area contributed by atoms with Crippen LogP contribution in [0.4, 0.5) is 0 Å². The lowest BCUT2D eigenvalue weighted by molar-refractivity contribution is -0.136. The second kappa shape index (κ2) is 33.9. The molecule has 4 aliphatic carbocycles. The summed E-state index contributed by atoms with van der Waals surface area (Å²) in [5, 5.41) is 19.7. The minimum atomic E-state index is -1.41. The molecule has 9 amide bonds. The van der Waals surface area contributed by atoms with Crippen LogP contribution in [-0.2, 0) is 56.0 Å². The number of nitrogens with two attached hydrogens (primary N) is 6. The molecule has 4 saturated carbocycles. The molecule has 5 aliphatic rings. The van der Waals surface area contributed by atoms with Gasteiger partial charge in [-0.3, -0.25) is 58.0 Å². The molecule has 0 unspecified atom stereocenters. The molecule has 26 heteroatoms. The zero-order valence-electron chi connectivity index (χ0n) is 51.4. The topological polar surface area (TPSA) is 431 Å². The van der Waals surface area contributed by atoms with Gasteiger partial charge in [0.05, 0.1) is 19.1 Å². The van der Waals surface area contributed by atoms with Crippen molar-refractivity contribution in [3.8, 4) is 5.75 Å². The summed E-state index contributed by atoms with van der Waals surface area (Å²) in [6.45, 7) is 7.35. The van der Waals surface area contributed by atoms with Crippen LogP contribution in [0.15, 0.2) is 64.6 Å². The molecule has 4 bridgehead atoms. The number of guanidine groups is 2. The summed E-state index contributed by atoms with van der Waals surface area (Å²) >= 11 is 0. The first kappa shape index (κ1) is 69.1. The maximum Gasteiger partial charge on any atom is 0.243 e. The number of amides is 9. The van der Waals surface area contributed by atoms with Crippen LogP contribution in [0, 0.1) is 29.1 Å². The molecular weight excluding hydrogens is 1130 g/mol. The summed E-state index contributed by atoms with van der Waals surface area (Å²) in [7, 11) is 0. The second-order valence-corrected chi connectivity index (χ2v) is 24.8. The first-order chi connectivity index (χ1) is 42.0. The number of nitrogens with zero attached hydrogens (tertiary/aromatic N) is 3. The summed E-state index contributed by atoms with van der Waals surface area (Å²) in [5.74, 6) is -3.79. The van der Waals surface area contributed by atoms with Crippen molar-refractivity contribution >= 4 is 65.1 Å². The van der Waals surface area contributed by atoms with Crippen molar-refractivity contribution in [1.82, 2.24) is 42.1 Å². The van der Waals surface area contributed by atoms with Gasteiger partial charge >= 0.3 is 0 Å². The average molecular weight is 1230 g/mol. The van der Waals surface area contributed by atoms with Crippen LogP contribution in [0.1, 0.15) is 135 Å². The third-order valence-electron chi connectivity index (χ3n) is 17.2. The van der Waals surface area contributed by atoms with Crippen LogP contribution in [0.25, 0.3) is 0 Å². The number of hydrogen-bond donors (Lipinski definition) is 13. The minimum Gasteiger partial charge on any atom is -0.494 e. The number of benzene rings is 2. The highest BCUT2D eigenvalue weighted by molar-refractivity contribution is 5.97. The molecule has 1 aliphatic heterocycles. The zero-order chi connectivity index (χ0) is 63.9. The highest BCUT2D eigenvalue weighted by atomic mass is 16.5. The van der Waals surface area contributed by atoms with E-state index in [-0.39, 0.29) is 74.5 Å². The Bertz CT molecular complexity index is 2720. The zero-order valence-corrected chi connectivity index (χ0v) is 51.4. The Labute approximate surface area is 516 Å². The standard InChI is InChI=1S/C62H96N16O10/c1-4-88-43-20-18-39(19-21-43)31-46(72-51(80)36-62-33-40-27-41(34-62)29-42(28-40)35-62)56(84)75-47(30-38-13-6-5-7-14-38)57(85)77-52(37(2)3)59(87)76-48(32-50(63)79)54(82)69-22-8-9-25-78-26-12-17-49(78)58(86)74-45(16-11-24-71-61(67)68)55(83)73-44(53(64)81)15-10-23-70-60(65)66/h5-7,13-14,18-21,37,40-42,44-49,52H,4,8-12,15-17,22-36H2,1-3H3,(H2,63,79)(H2,64,81)(H,69,82)(H,72,80)(H,73,83)(H,74,86)(H,75,84)(H,76,87)(H,77,85)(H4,65,66,70)(H4,67,68,71)/t40?,41?,42?,44-,45-,46-,47-,48-,49-,52-,62?/m0/s1. The van der Waals surface area contributed by atoms with Gasteiger partial charge in [0.2, 0.25) is 53.2 Å². The fraction of sp³-hybridized carbons (Fsp3) is 0.629. The van der Waals surface area contributed by atoms with E-state index in [1.165, 1.54) is 19.3 Å². The van der Waals surface area contributed by atoms with Crippen molar-refractivity contribution in [2.24, 2.45) is 73.5 Å². The first-order valence-corrected chi connectivity index (χ1v) is 31.3. The highest BCUT2D eigenvalue weighted by Crippen LogP contribution is 2.61. The fourth-order valence-electron chi connectivity index (χ4n) is 13.5. The van der Waals surface area contributed by atoms with Crippen LogP contribution in [0.3, 0.4) is 0 Å². The summed E-state index contributed by atoms with van der Waals surface area (Å²) in [6, 6.07) is 8.76. The summed E-state index contributed by atoms with van der Waals surface area (Å²) in [4.78, 5) is 133. The van der Waals surface area contributed by atoms with Crippen molar-refractivity contribution < 1.29 is 47.9 Å². The molecule has 2 aromatic carbocycles. The second-order valence-electron chi connectivity index (χ2n) is 24.8. The number of carbonyl (C=O) groups excluding carboxylic acids is 9. The molecule has 0 aromatic heterocycles. The van der Waals surface area contributed by atoms with Gasteiger partial charge in [-0.1, -0.05) is 56.3 Å². The maximum absolute atomic E-state index is 14.7. The number of ether oxygens (including phenoxy) is 1. The van der Waals surface area contributed by atoms with Gasteiger partial charge in [0, 0.05) is 38.9 Å². The molecule has 5 fully saturated rings. The van der Waals surface area contributed by atoms with E-state index in [2.05, 4.69) is 47.2 Å². The number of primary amides is 2. The molecule has 484 valence electrons. The Morgan fingerprint density at radius 1 is 0.614 bits per heavy atom. The minimum absolute atomic E-state index is 0.0350. The Morgan fingerprint density at radius 2 is 1.16 bits per heavy atom. The van der Waals surface area contributed by atoms with E-state index in [1.807, 2.05) is 66.4 Å². The molecule has 7 atom stereocenters. The first-order valence-electron chi connectivity index (χ1n) is 31.3. The van der Waals surface area contributed by atoms with Gasteiger partial charge in [0.25, 0.3) is 0 Å². The van der Waals surface area contributed by atoms with Crippen molar-refractivity contribution in [3.63, 3.8) is 0 Å². The molecule has 1 saturated heterocycles. The van der Waals surface area contributed by atoms with Gasteiger partial charge in [-0.25, -0.2) is 0 Å². The third-order valence-corrected chi connectivity index (χ3v) is 17.2. The SMILES string of the molecule is CCOc1ccc(C[C@H](NC(=O)CC23CC4CC(CC(C4)C2)C3)C(=O)N[C@@H](Cc2ccccc2)C(=O)N[C@H](C(=O)N[C@@H](CC(N)=O)C(=O)NCCCCN2CCC[C@H]2C(=O)N[C@@H](CCCN=C(N)N)C(=O)N[C@@H](CCCN=C(N)N)C(N)=O)C(C)C)cc1. The van der Waals surface area contributed by atoms with E-state index < -0.39 is 96.0 Å². The molecule has 0 radical (unpaired) electrons. The van der Waals surface area contributed by atoms with E-state index in [9.17, 15) is 43.2 Å². The van der Waals surface area contributed by atoms with Gasteiger partial charge < -0.3 is 76.4 Å². The van der Waals surface area contributed by atoms with Gasteiger partial charge in [0.1, 0.15) is 42.0 Å². The molecule has 7 rings (SSSR count). The lowest BCUT2D eigenvalue weighted by Gasteiger charge is -2.56. The Hall–Kier alpha value is -8.03. The van der Waals surface area contributed by atoms with Crippen LogP contribution in [0.2, 0.25) is 0 Å². The van der Waals surface area contributed by atoms with Crippen LogP contribution < -0.4 is 76.4 Å². The number of hydrogen-bond acceptors (Lipinski definition) is 13. The number of rotatable bonds is 37. The molecule has 1 heterocycles. The van der Waals surface area contributed by atoms with Crippen LogP contribution in [-0.4, -0.2) is 152 Å². The van der Waals surface area contributed by atoms with Crippen molar-refractivity contribution in [2.45, 2.75) is 179 Å². The van der Waals surface area contributed by atoms with E-state index in [4.69, 9.17) is 39.1 Å². The normalized spacial score (nSPS) is 21.2. The van der Waals surface area contributed by atoms with E-state index in [0.29, 0.717) is 88.1 Å². The van der Waals surface area contributed by atoms with E-state index in [0.717, 1.165) is 30.4 Å². The number of nitrogens with one attached hydrogen (secondary N) is 7. The van der Waals surface area contributed by atoms with Crippen LogP contribution in [0.5, 0.6) is 5.75 Å². The largest absolute Gasteiger partial charge is 0.494 e. The average Bonchev–Trinajstić information content (AvgIpc) is 1.03. The van der Waals surface area contributed by atoms with E-state index in [1.54, 1.807) is 13.8 Å². The number of unbranched alkanes of at least 4 members (excludes halogenated alkanes) is 1. The smallest absolute Gasteiger partial charge is 0.243 e. The fourth-order valence-corrected chi connectivity index (χ4v) is 13.5. The monoisotopic (exact) mass is 1220 g/mol. The van der Waals surface area contributed by atoms with Crippen molar-refractivity contribution in [3.05, 3.63) is 65.7 Å². The lowest BCUT2D eigenvalue weighted by Crippen LogP contribution is -2.60. The molecule has 19 N–H and O–H groups in total. The molecular formula is C62H96N16O10. The van der Waals surface area contributed by atoms with Gasteiger partial charge in [-0.2, -0.15) is 0 Å². The van der Waals surface area contributed by atoms with Gasteiger partial charge in [0.15, 0.2) is 11.9 Å². The lowest BCUT2D eigenvalue weighted by atomic mass is 9.49. The maximum atomic E-state index is 14.7. The number of aliphatic imine (C=N–C) groups is 2. The Kier molecular flexibility index (Phi) is 26.6. The molecule has 88 heavy (non-hydrogen) atoms. The molecule has 2 aromatic rings. The number of likely N-dealkylation sites (tertiary alicyclic amines) is 1. The third kappa shape index (κ3) is 22.0. The quantitative estimate of drug-likeness (QED) is 0.0238. The molecule has 26 nitrogen and oxygen atoms in total. The molecule has 0 spiro atoms. The number of carbonyl (C=O) groups is 9. The Balaban J connectivity index is 1.05. The Morgan fingerprint density at radius 3 is 1.73 bits per heavy atom. The predicted molar refractivity (Wildman–Crippen MR) is 333 cm³/mol. The van der Waals surface area contributed by atoms with Crippen molar-refractivity contribution in [1.29, 1.82) is 0 Å². The van der Waals surface area contributed by atoms with E-state index >= 15 is 0 Å². The predicted octanol–water partition coefficient (Wildman–Crippen LogP) is -0.130. The van der Waals surface area contributed by atoms with Crippen molar-refractivity contribution in [2.75, 3.05) is 39.3 Å². The van der Waals surface area contributed by atoms with Gasteiger partial charge in [-0.05, 0) is 162 Å².